The summed E-state index contributed by atoms with van der Waals surface area (Å²) in [6, 6.07) is 11.1. The van der Waals surface area contributed by atoms with Crippen LogP contribution in [0.4, 0.5) is 0 Å². The normalized spacial score (nSPS) is 11.2. The molecule has 6 heteroatoms. The lowest BCUT2D eigenvalue weighted by atomic mass is 9.93. The van der Waals surface area contributed by atoms with Crippen LogP contribution < -0.4 is 10.5 Å². The third kappa shape index (κ3) is 2.31. The van der Waals surface area contributed by atoms with Crippen LogP contribution in [-0.2, 0) is 0 Å². The summed E-state index contributed by atoms with van der Waals surface area (Å²) in [6.07, 6.45) is 0. The van der Waals surface area contributed by atoms with Crippen LogP contribution in [0.1, 0.15) is 0 Å². The van der Waals surface area contributed by atoms with Crippen molar-refractivity contribution < 1.29 is 24.8 Å². The van der Waals surface area contributed by atoms with Gasteiger partial charge >= 0.3 is 0 Å². The number of hydrogen-bond donors (Lipinski definition) is 3. The summed E-state index contributed by atoms with van der Waals surface area (Å²) < 4.78 is 5.63. The molecule has 0 saturated heterocycles. The second-order valence-corrected chi connectivity index (χ2v) is 5.66. The first kappa shape index (κ1) is 14.9. The van der Waals surface area contributed by atoms with Crippen LogP contribution in [-0.4, -0.2) is 15.3 Å². The van der Waals surface area contributed by atoms with Crippen LogP contribution in [0, 0.1) is 0 Å². The topological polar surface area (TPSA) is 114 Å². The van der Waals surface area contributed by atoms with Crippen molar-refractivity contribution in [2.24, 2.45) is 0 Å². The third-order valence-electron chi connectivity index (χ3n) is 4.04. The summed E-state index contributed by atoms with van der Waals surface area (Å²) in [4.78, 5) is 11.7. The molecule has 6 nitrogen and oxygen atoms in total. The van der Waals surface area contributed by atoms with E-state index in [4.69, 9.17) is 4.42 Å². The van der Waals surface area contributed by atoms with Crippen LogP contribution >= 0.6 is 0 Å². The quantitative estimate of drug-likeness (QED) is 0.461. The number of benzene rings is 3. The van der Waals surface area contributed by atoms with Gasteiger partial charge in [-0.25, -0.2) is 0 Å². The van der Waals surface area contributed by atoms with E-state index in [0.29, 0.717) is 22.1 Å². The Labute approximate surface area is 140 Å². The maximum absolute atomic E-state index is 11.7. The highest BCUT2D eigenvalue weighted by Gasteiger charge is 2.19. The molecule has 1 heterocycles. The largest absolute Gasteiger partial charge is 0.870 e. The molecular formula is C19H11O6-. The highest BCUT2D eigenvalue weighted by atomic mass is 16.3. The predicted molar refractivity (Wildman–Crippen MR) is 89.0 cm³/mol. The summed E-state index contributed by atoms with van der Waals surface area (Å²) in [7, 11) is 0. The predicted octanol–water partition coefficient (Wildman–Crippen LogP) is 2.76. The standard InChI is InChI=1S/C19H12O6/c20-10-3-1-9(2-4-10)19-11-5-13(21)15(23)7-17(11)25-18-8-16(24)14(22)6-12(18)19/h1-8,20-23H/p-1. The molecule has 0 fully saturated rings. The second-order valence-electron chi connectivity index (χ2n) is 5.66. The van der Waals surface area contributed by atoms with Gasteiger partial charge in [-0.05, 0) is 35.9 Å². The van der Waals surface area contributed by atoms with Crippen molar-refractivity contribution >= 4 is 11.0 Å². The molecule has 0 radical (unpaired) electrons. The molecule has 1 aliphatic carbocycles. The molecule has 0 saturated carbocycles. The summed E-state index contributed by atoms with van der Waals surface area (Å²) in [6.45, 7) is 0. The van der Waals surface area contributed by atoms with Crippen molar-refractivity contribution in [1.29, 1.82) is 0 Å². The van der Waals surface area contributed by atoms with E-state index < -0.39 is 22.7 Å². The Morgan fingerprint density at radius 3 is 2.32 bits per heavy atom. The Balaban J connectivity index is 2.22. The van der Waals surface area contributed by atoms with Gasteiger partial charge in [0.2, 0.25) is 5.43 Å². The lowest BCUT2D eigenvalue weighted by Gasteiger charge is -2.17. The fourth-order valence-electron chi connectivity index (χ4n) is 2.86. The summed E-state index contributed by atoms with van der Waals surface area (Å²) in [5.41, 5.74) is 1.24. The molecule has 0 aromatic heterocycles. The summed E-state index contributed by atoms with van der Waals surface area (Å²) in [5, 5.41) is 41.3. The number of hydrogen-bond acceptors (Lipinski definition) is 6. The Morgan fingerprint density at radius 2 is 1.60 bits per heavy atom. The van der Waals surface area contributed by atoms with E-state index in [-0.39, 0.29) is 17.1 Å². The van der Waals surface area contributed by atoms with Crippen molar-refractivity contribution in [3.8, 4) is 45.4 Å². The van der Waals surface area contributed by atoms with Gasteiger partial charge in [0.15, 0.2) is 5.75 Å². The molecule has 0 atom stereocenters. The Hall–Kier alpha value is -3.67. The average molecular weight is 335 g/mol. The number of rotatable bonds is 1. The van der Waals surface area contributed by atoms with E-state index >= 15 is 0 Å². The molecule has 0 spiro atoms. The minimum Gasteiger partial charge on any atom is -0.870 e. The van der Waals surface area contributed by atoms with Gasteiger partial charge < -0.3 is 24.8 Å². The molecule has 2 aromatic rings. The first-order valence-corrected chi connectivity index (χ1v) is 7.37. The molecule has 0 amide bonds. The highest BCUT2D eigenvalue weighted by molar-refractivity contribution is 6.03. The van der Waals surface area contributed by atoms with Gasteiger partial charge in [-0.2, -0.15) is 0 Å². The van der Waals surface area contributed by atoms with Gasteiger partial charge in [-0.3, -0.25) is 4.79 Å². The van der Waals surface area contributed by atoms with Crippen molar-refractivity contribution in [3.05, 3.63) is 58.8 Å². The molecule has 25 heavy (non-hydrogen) atoms. The molecular weight excluding hydrogens is 324 g/mol. The molecule has 124 valence electrons. The summed E-state index contributed by atoms with van der Waals surface area (Å²) in [5.74, 6) is -1.21. The Morgan fingerprint density at radius 1 is 0.880 bits per heavy atom. The van der Waals surface area contributed by atoms with Crippen LogP contribution in [0.5, 0.6) is 23.0 Å². The van der Waals surface area contributed by atoms with Gasteiger partial charge in [0.1, 0.15) is 22.8 Å². The fraction of sp³-hybridized carbons (Fsp3) is 0. The smallest absolute Gasteiger partial charge is 0.223 e. The third-order valence-corrected chi connectivity index (χ3v) is 4.04. The Bertz CT molecular complexity index is 1140. The van der Waals surface area contributed by atoms with Crippen LogP contribution in [0.3, 0.4) is 0 Å². The van der Waals surface area contributed by atoms with E-state index in [0.717, 1.165) is 12.1 Å². The van der Waals surface area contributed by atoms with Crippen molar-refractivity contribution in [3.63, 3.8) is 0 Å². The fourth-order valence-corrected chi connectivity index (χ4v) is 2.86. The van der Waals surface area contributed by atoms with E-state index in [9.17, 15) is 25.2 Å². The molecule has 3 N–H and O–H groups in total. The van der Waals surface area contributed by atoms with Gasteiger partial charge in [0.25, 0.3) is 0 Å². The first-order valence-electron chi connectivity index (χ1n) is 7.37. The van der Waals surface area contributed by atoms with E-state index in [1.54, 1.807) is 12.1 Å². The minimum absolute atomic E-state index is 0.0763. The number of phenolic OH excluding ortho intramolecular Hbond substituents is 3. The van der Waals surface area contributed by atoms with E-state index in [2.05, 4.69) is 0 Å². The number of aromatic hydroxyl groups is 3. The number of phenols is 3. The SMILES string of the molecule is O=c1cc2oc3cc([O-])c(O)cc3c(-c3ccc(O)cc3)c-2cc1O. The zero-order chi connectivity index (χ0) is 17.7. The van der Waals surface area contributed by atoms with E-state index in [1.807, 2.05) is 0 Å². The van der Waals surface area contributed by atoms with Crippen molar-refractivity contribution in [2.45, 2.75) is 0 Å². The maximum atomic E-state index is 11.7. The van der Waals surface area contributed by atoms with Crippen LogP contribution in [0.25, 0.3) is 33.4 Å². The molecule has 1 aliphatic heterocycles. The molecule has 4 rings (SSSR count). The second kappa shape index (κ2) is 5.17. The lowest BCUT2D eigenvalue weighted by Crippen LogP contribution is -2.01. The Kier molecular flexibility index (Phi) is 3.08. The van der Waals surface area contributed by atoms with Gasteiger partial charge in [-0.15, -0.1) is 0 Å². The summed E-state index contributed by atoms with van der Waals surface area (Å²) >= 11 is 0. The zero-order valence-corrected chi connectivity index (χ0v) is 12.7. The zero-order valence-electron chi connectivity index (χ0n) is 12.7. The molecule has 0 bridgehead atoms. The maximum Gasteiger partial charge on any atom is 0.223 e. The highest BCUT2D eigenvalue weighted by Crippen LogP contribution is 2.43. The first-order chi connectivity index (χ1) is 11.9. The van der Waals surface area contributed by atoms with Crippen LogP contribution in [0.15, 0.2) is 57.7 Å². The molecule has 0 unspecified atom stereocenters. The van der Waals surface area contributed by atoms with Crippen molar-refractivity contribution in [2.75, 3.05) is 0 Å². The van der Waals surface area contributed by atoms with Gasteiger partial charge in [0, 0.05) is 22.6 Å². The van der Waals surface area contributed by atoms with Crippen molar-refractivity contribution in [1.82, 2.24) is 0 Å². The van der Waals surface area contributed by atoms with Crippen LogP contribution in [0.2, 0.25) is 0 Å². The van der Waals surface area contributed by atoms with Gasteiger partial charge in [-0.1, -0.05) is 17.9 Å². The monoisotopic (exact) mass is 335 g/mol. The molecule has 2 aliphatic rings. The minimum atomic E-state index is -0.603. The van der Waals surface area contributed by atoms with E-state index in [1.165, 1.54) is 24.3 Å². The lowest BCUT2D eigenvalue weighted by molar-refractivity contribution is -0.270. The number of fused-ring (bicyclic) bond motifs is 2. The van der Waals surface area contributed by atoms with Gasteiger partial charge in [0.05, 0.1) is 0 Å². The molecule has 2 aromatic carbocycles. The average Bonchev–Trinajstić information content (AvgIpc) is 2.57.